The summed E-state index contributed by atoms with van der Waals surface area (Å²) < 4.78 is 43.5. The van der Waals surface area contributed by atoms with Gasteiger partial charge in [-0.25, -0.2) is 0 Å². The lowest BCUT2D eigenvalue weighted by Crippen LogP contribution is -2.38. The molecule has 0 fully saturated rings. The van der Waals surface area contributed by atoms with Gasteiger partial charge in [0.05, 0.1) is 17.1 Å². The van der Waals surface area contributed by atoms with Crippen molar-refractivity contribution in [2.24, 2.45) is 0 Å². The van der Waals surface area contributed by atoms with Crippen LogP contribution in [0.4, 0.5) is 18.9 Å². The zero-order valence-electron chi connectivity index (χ0n) is 18.2. The number of carbonyl (C=O) groups excluding carboxylic acids is 4. The van der Waals surface area contributed by atoms with E-state index in [0.717, 1.165) is 16.5 Å². The molecule has 182 valence electrons. The van der Waals surface area contributed by atoms with Crippen LogP contribution in [0.2, 0.25) is 5.02 Å². The van der Waals surface area contributed by atoms with Gasteiger partial charge in [-0.1, -0.05) is 29.3 Å². The highest BCUT2D eigenvalue weighted by Crippen LogP contribution is 2.36. The second-order valence-electron chi connectivity index (χ2n) is 7.20. The summed E-state index contributed by atoms with van der Waals surface area (Å²) in [6.07, 6.45) is -4.70. The van der Waals surface area contributed by atoms with Crippen molar-refractivity contribution in [2.75, 3.05) is 32.1 Å². The van der Waals surface area contributed by atoms with Crippen molar-refractivity contribution in [3.8, 4) is 0 Å². The lowest BCUT2D eigenvalue weighted by atomic mass is 10.1. The SMILES string of the molecule is Cc1cccc(C(=O)NCC(=O)OCC(=O)N(C)CC(=O)Nc2ccc(Cl)c(C(F)(F)F)c2)c1. The monoisotopic (exact) mass is 499 g/mol. The van der Waals surface area contributed by atoms with Crippen molar-refractivity contribution in [2.45, 2.75) is 13.1 Å². The largest absolute Gasteiger partial charge is 0.454 e. The van der Waals surface area contributed by atoms with Gasteiger partial charge in [0.1, 0.15) is 6.54 Å². The second-order valence-corrected chi connectivity index (χ2v) is 7.61. The van der Waals surface area contributed by atoms with Crippen LogP contribution in [0, 0.1) is 6.92 Å². The van der Waals surface area contributed by atoms with Gasteiger partial charge in [0.15, 0.2) is 6.61 Å². The first-order valence-electron chi connectivity index (χ1n) is 9.78. The molecule has 0 bridgehead atoms. The number of likely N-dealkylation sites (N-methyl/N-ethyl adjacent to an activating group) is 1. The van der Waals surface area contributed by atoms with Gasteiger partial charge in [0.25, 0.3) is 11.8 Å². The molecule has 0 spiro atoms. The quantitative estimate of drug-likeness (QED) is 0.543. The van der Waals surface area contributed by atoms with Crippen LogP contribution >= 0.6 is 11.6 Å². The summed E-state index contributed by atoms with van der Waals surface area (Å²) in [5, 5.41) is 4.08. The first-order chi connectivity index (χ1) is 15.9. The molecule has 0 radical (unpaired) electrons. The van der Waals surface area contributed by atoms with Crippen molar-refractivity contribution in [1.82, 2.24) is 10.2 Å². The van der Waals surface area contributed by atoms with Crippen LogP contribution in [-0.4, -0.2) is 55.3 Å². The van der Waals surface area contributed by atoms with Crippen molar-refractivity contribution < 1.29 is 37.1 Å². The van der Waals surface area contributed by atoms with Crippen molar-refractivity contribution in [1.29, 1.82) is 0 Å². The molecule has 34 heavy (non-hydrogen) atoms. The summed E-state index contributed by atoms with van der Waals surface area (Å²) in [4.78, 5) is 48.9. The van der Waals surface area contributed by atoms with E-state index in [2.05, 4.69) is 10.6 Å². The van der Waals surface area contributed by atoms with E-state index in [-0.39, 0.29) is 5.69 Å². The third-order valence-corrected chi connectivity index (χ3v) is 4.72. The second kappa shape index (κ2) is 11.5. The molecule has 0 unspecified atom stereocenters. The van der Waals surface area contributed by atoms with Crippen LogP contribution in [0.1, 0.15) is 21.5 Å². The lowest BCUT2D eigenvalue weighted by Gasteiger charge is -2.17. The Kier molecular flexibility index (Phi) is 9.02. The minimum atomic E-state index is -4.70. The molecule has 2 N–H and O–H groups in total. The predicted octanol–water partition coefficient (Wildman–Crippen LogP) is 3.04. The van der Waals surface area contributed by atoms with Gasteiger partial charge in [0.2, 0.25) is 5.91 Å². The maximum absolute atomic E-state index is 12.9. The number of nitrogens with zero attached hydrogens (tertiary/aromatic N) is 1. The molecule has 0 aromatic heterocycles. The van der Waals surface area contributed by atoms with E-state index < -0.39 is 60.1 Å². The Hall–Kier alpha value is -3.60. The summed E-state index contributed by atoms with van der Waals surface area (Å²) >= 11 is 5.53. The summed E-state index contributed by atoms with van der Waals surface area (Å²) in [6.45, 7) is 0.136. The highest BCUT2D eigenvalue weighted by Gasteiger charge is 2.33. The fourth-order valence-electron chi connectivity index (χ4n) is 2.67. The summed E-state index contributed by atoms with van der Waals surface area (Å²) in [7, 11) is 1.25. The summed E-state index contributed by atoms with van der Waals surface area (Å²) in [6, 6.07) is 9.56. The van der Waals surface area contributed by atoms with E-state index in [0.29, 0.717) is 11.6 Å². The van der Waals surface area contributed by atoms with E-state index in [1.165, 1.54) is 13.1 Å². The van der Waals surface area contributed by atoms with Crippen LogP contribution < -0.4 is 10.6 Å². The van der Waals surface area contributed by atoms with Crippen LogP contribution in [0.25, 0.3) is 0 Å². The van der Waals surface area contributed by atoms with Crippen LogP contribution in [0.3, 0.4) is 0 Å². The van der Waals surface area contributed by atoms with Crippen LogP contribution in [0.5, 0.6) is 0 Å². The van der Waals surface area contributed by atoms with E-state index in [1.54, 1.807) is 18.2 Å². The topological polar surface area (TPSA) is 105 Å². The fraction of sp³-hybridized carbons (Fsp3) is 0.273. The van der Waals surface area contributed by atoms with Gasteiger partial charge in [-0.05, 0) is 37.3 Å². The number of carbonyl (C=O) groups is 4. The Morgan fingerprint density at radius 2 is 1.79 bits per heavy atom. The number of hydrogen-bond donors (Lipinski definition) is 2. The Labute approximate surface area is 198 Å². The number of halogens is 4. The number of nitrogens with one attached hydrogen (secondary N) is 2. The zero-order valence-corrected chi connectivity index (χ0v) is 18.9. The maximum atomic E-state index is 12.9. The van der Waals surface area contributed by atoms with Crippen LogP contribution in [-0.2, 0) is 25.3 Å². The zero-order chi connectivity index (χ0) is 25.5. The number of hydrogen-bond acceptors (Lipinski definition) is 5. The highest BCUT2D eigenvalue weighted by atomic mass is 35.5. The van der Waals surface area contributed by atoms with Gasteiger partial charge in [0, 0.05) is 18.3 Å². The van der Waals surface area contributed by atoms with Crippen molar-refractivity contribution >= 4 is 41.0 Å². The average molecular weight is 500 g/mol. The van der Waals surface area contributed by atoms with E-state index in [1.807, 2.05) is 13.0 Å². The first kappa shape index (κ1) is 26.7. The number of esters is 1. The smallest absolute Gasteiger partial charge is 0.417 e. The fourth-order valence-corrected chi connectivity index (χ4v) is 2.89. The minimum Gasteiger partial charge on any atom is -0.454 e. The molecule has 3 amide bonds. The maximum Gasteiger partial charge on any atom is 0.417 e. The number of alkyl halides is 3. The molecular formula is C22H21ClF3N3O5. The molecule has 2 aromatic carbocycles. The Morgan fingerprint density at radius 1 is 1.09 bits per heavy atom. The van der Waals surface area contributed by atoms with E-state index in [9.17, 15) is 32.3 Å². The molecule has 0 aliphatic heterocycles. The Bertz CT molecular complexity index is 1090. The lowest BCUT2D eigenvalue weighted by molar-refractivity contribution is -0.150. The third kappa shape index (κ3) is 8.07. The molecule has 0 saturated carbocycles. The molecule has 0 heterocycles. The Morgan fingerprint density at radius 3 is 2.44 bits per heavy atom. The Balaban J connectivity index is 1.78. The predicted molar refractivity (Wildman–Crippen MR) is 117 cm³/mol. The number of amides is 3. The molecular weight excluding hydrogens is 479 g/mol. The number of ether oxygens (including phenoxy) is 1. The van der Waals surface area contributed by atoms with Crippen LogP contribution in [0.15, 0.2) is 42.5 Å². The molecule has 0 aliphatic carbocycles. The number of anilines is 1. The molecule has 2 aromatic rings. The summed E-state index contributed by atoms with van der Waals surface area (Å²) in [5.41, 5.74) is -0.0430. The molecule has 8 nitrogen and oxygen atoms in total. The molecule has 12 heteroatoms. The van der Waals surface area contributed by atoms with Gasteiger partial charge in [-0.15, -0.1) is 0 Å². The minimum absolute atomic E-state index is 0.154. The van der Waals surface area contributed by atoms with E-state index in [4.69, 9.17) is 16.3 Å². The molecule has 2 rings (SSSR count). The van der Waals surface area contributed by atoms with Crippen molar-refractivity contribution in [3.63, 3.8) is 0 Å². The number of benzene rings is 2. The van der Waals surface area contributed by atoms with Gasteiger partial charge < -0.3 is 20.3 Å². The average Bonchev–Trinajstić information content (AvgIpc) is 2.76. The summed E-state index contributed by atoms with van der Waals surface area (Å²) in [5.74, 6) is -2.87. The standard InChI is InChI=1S/C22H21ClF3N3O5/c1-13-4-3-5-14(8-13)21(33)27-10-20(32)34-12-19(31)29(2)11-18(30)28-15-6-7-17(23)16(9-15)22(24,25)26/h3-9H,10-12H2,1-2H3,(H,27,33)(H,28,30). The van der Waals surface area contributed by atoms with Crippen molar-refractivity contribution in [3.05, 3.63) is 64.2 Å². The number of aryl methyl sites for hydroxylation is 1. The molecule has 0 saturated heterocycles. The normalized spacial score (nSPS) is 10.9. The number of rotatable bonds is 8. The van der Waals surface area contributed by atoms with Gasteiger partial charge in [-0.3, -0.25) is 19.2 Å². The highest BCUT2D eigenvalue weighted by molar-refractivity contribution is 6.31. The van der Waals surface area contributed by atoms with Gasteiger partial charge >= 0.3 is 12.1 Å². The van der Waals surface area contributed by atoms with E-state index >= 15 is 0 Å². The first-order valence-corrected chi connectivity index (χ1v) is 10.2. The molecule has 0 aliphatic rings. The van der Waals surface area contributed by atoms with Gasteiger partial charge in [-0.2, -0.15) is 13.2 Å². The third-order valence-electron chi connectivity index (χ3n) is 4.39. The molecule has 0 atom stereocenters.